The van der Waals surface area contributed by atoms with E-state index in [-0.39, 0.29) is 5.54 Å². The van der Waals surface area contributed by atoms with Gasteiger partial charge in [0, 0.05) is 43.8 Å². The molecule has 1 aliphatic carbocycles. The largest absolute Gasteiger partial charge is 0.311 e. The maximum absolute atomic E-state index is 6.42. The van der Waals surface area contributed by atoms with Gasteiger partial charge in [-0.3, -0.25) is 9.58 Å². The molecule has 1 aliphatic heterocycles. The summed E-state index contributed by atoms with van der Waals surface area (Å²) in [5.41, 5.74) is 2.51. The lowest BCUT2D eigenvalue weighted by Crippen LogP contribution is -2.63. The highest BCUT2D eigenvalue weighted by molar-refractivity contribution is 6.30. The monoisotopic (exact) mass is 296 g/mol. The second kappa shape index (κ2) is 5.00. The van der Waals surface area contributed by atoms with Crippen molar-refractivity contribution in [2.24, 2.45) is 13.0 Å². The zero-order chi connectivity index (χ0) is 14.5. The summed E-state index contributed by atoms with van der Waals surface area (Å²) in [6.07, 6.45) is 2.73. The van der Waals surface area contributed by atoms with Gasteiger partial charge in [0.15, 0.2) is 0 Å². The van der Waals surface area contributed by atoms with E-state index < -0.39 is 0 Å². The van der Waals surface area contributed by atoms with Crippen LogP contribution in [0.25, 0.3) is 0 Å². The van der Waals surface area contributed by atoms with Crippen molar-refractivity contribution in [3.63, 3.8) is 0 Å². The molecule has 1 aromatic heterocycles. The van der Waals surface area contributed by atoms with Crippen molar-refractivity contribution in [1.29, 1.82) is 0 Å². The molecule has 0 spiro atoms. The van der Waals surface area contributed by atoms with Gasteiger partial charge in [-0.25, -0.2) is 0 Å². The smallest absolute Gasteiger partial charge is 0.131 e. The summed E-state index contributed by atoms with van der Waals surface area (Å²) in [7, 11) is 1.92. The molecule has 1 saturated carbocycles. The SMILES string of the molecule is Cc1nn(C)c(Cl)c1CN1CC(C)NCC1(C)C1CC1. The lowest BCUT2D eigenvalue weighted by molar-refractivity contribution is 0.0310. The van der Waals surface area contributed by atoms with Gasteiger partial charge in [0.05, 0.1) is 5.69 Å². The average molecular weight is 297 g/mol. The fourth-order valence-electron chi connectivity index (χ4n) is 3.49. The second-order valence-electron chi connectivity index (χ2n) is 6.77. The standard InChI is InChI=1S/C15H25ClN4/c1-10-7-20(15(3,9-17-10)12-5-6-12)8-13-11(2)18-19(4)14(13)16/h10,12,17H,5-9H2,1-4H3. The van der Waals surface area contributed by atoms with Gasteiger partial charge in [0.2, 0.25) is 0 Å². The van der Waals surface area contributed by atoms with E-state index in [9.17, 15) is 0 Å². The van der Waals surface area contributed by atoms with E-state index >= 15 is 0 Å². The third-order valence-electron chi connectivity index (χ3n) is 5.10. The summed E-state index contributed by atoms with van der Waals surface area (Å²) in [6.45, 7) is 9.80. The number of nitrogens with zero attached hydrogens (tertiary/aromatic N) is 3. The fraction of sp³-hybridized carbons (Fsp3) is 0.800. The molecular formula is C15H25ClN4. The third kappa shape index (κ3) is 2.38. The van der Waals surface area contributed by atoms with Crippen LogP contribution in [0.1, 0.15) is 37.9 Å². The first-order valence-corrected chi connectivity index (χ1v) is 7.96. The number of nitrogens with one attached hydrogen (secondary N) is 1. The van der Waals surface area contributed by atoms with Crippen LogP contribution in [0.3, 0.4) is 0 Å². The quantitative estimate of drug-likeness (QED) is 0.929. The van der Waals surface area contributed by atoms with Crippen molar-refractivity contribution in [3.8, 4) is 0 Å². The van der Waals surface area contributed by atoms with Crippen molar-refractivity contribution >= 4 is 11.6 Å². The molecule has 0 bridgehead atoms. The van der Waals surface area contributed by atoms with Gasteiger partial charge in [0.1, 0.15) is 5.15 Å². The fourth-order valence-corrected chi connectivity index (χ4v) is 3.73. The van der Waals surface area contributed by atoms with Crippen LogP contribution < -0.4 is 5.32 Å². The van der Waals surface area contributed by atoms with Crippen LogP contribution in [0, 0.1) is 12.8 Å². The Bertz CT molecular complexity index is 508. The van der Waals surface area contributed by atoms with Crippen molar-refractivity contribution < 1.29 is 0 Å². The van der Waals surface area contributed by atoms with Crippen LogP contribution in [0.2, 0.25) is 5.15 Å². The maximum Gasteiger partial charge on any atom is 0.131 e. The molecule has 0 radical (unpaired) electrons. The number of aryl methyl sites for hydroxylation is 2. The molecule has 1 aromatic rings. The molecule has 2 unspecified atom stereocenters. The van der Waals surface area contributed by atoms with Crippen LogP contribution in [0.5, 0.6) is 0 Å². The van der Waals surface area contributed by atoms with Crippen molar-refractivity contribution in [3.05, 3.63) is 16.4 Å². The Labute approximate surface area is 126 Å². The summed E-state index contributed by atoms with van der Waals surface area (Å²) in [5.74, 6) is 0.832. The Morgan fingerprint density at radius 3 is 2.70 bits per heavy atom. The second-order valence-corrected chi connectivity index (χ2v) is 7.13. The van der Waals surface area contributed by atoms with E-state index in [0.29, 0.717) is 6.04 Å². The first-order valence-electron chi connectivity index (χ1n) is 7.58. The lowest BCUT2D eigenvalue weighted by Gasteiger charge is -2.48. The van der Waals surface area contributed by atoms with Gasteiger partial charge in [-0.2, -0.15) is 5.10 Å². The summed E-state index contributed by atoms with van der Waals surface area (Å²) >= 11 is 6.42. The Hall–Kier alpha value is -0.580. The molecule has 2 atom stereocenters. The molecule has 4 nitrogen and oxygen atoms in total. The van der Waals surface area contributed by atoms with Crippen molar-refractivity contribution in [2.45, 2.75) is 51.7 Å². The third-order valence-corrected chi connectivity index (χ3v) is 5.57. The molecule has 5 heteroatoms. The highest BCUT2D eigenvalue weighted by Crippen LogP contribution is 2.44. The first kappa shape index (κ1) is 14.4. The van der Waals surface area contributed by atoms with Crippen LogP contribution in [0.15, 0.2) is 0 Å². The highest BCUT2D eigenvalue weighted by atomic mass is 35.5. The van der Waals surface area contributed by atoms with E-state index in [0.717, 1.165) is 36.4 Å². The summed E-state index contributed by atoms with van der Waals surface area (Å²) < 4.78 is 1.78. The molecule has 0 aromatic carbocycles. The van der Waals surface area contributed by atoms with E-state index in [1.165, 1.54) is 18.4 Å². The number of piperazine rings is 1. The number of hydrogen-bond acceptors (Lipinski definition) is 3. The molecule has 2 heterocycles. The van der Waals surface area contributed by atoms with E-state index in [1.54, 1.807) is 4.68 Å². The zero-order valence-electron chi connectivity index (χ0n) is 12.9. The predicted octanol–water partition coefficient (Wildman–Crippen LogP) is 2.34. The summed E-state index contributed by atoms with van der Waals surface area (Å²) in [4.78, 5) is 2.63. The Morgan fingerprint density at radius 1 is 1.45 bits per heavy atom. The molecule has 0 amide bonds. The van der Waals surface area contributed by atoms with Gasteiger partial charge in [-0.05, 0) is 39.5 Å². The molecule has 1 N–H and O–H groups in total. The summed E-state index contributed by atoms with van der Waals surface area (Å²) in [6, 6.07) is 0.539. The van der Waals surface area contributed by atoms with E-state index in [2.05, 4.69) is 36.1 Å². The maximum atomic E-state index is 6.42. The van der Waals surface area contributed by atoms with Crippen LogP contribution in [-0.2, 0) is 13.6 Å². The molecule has 3 rings (SSSR count). The average Bonchev–Trinajstić information content (AvgIpc) is 3.20. The Morgan fingerprint density at radius 2 is 2.15 bits per heavy atom. The van der Waals surface area contributed by atoms with Gasteiger partial charge in [-0.1, -0.05) is 11.6 Å². The number of aromatic nitrogens is 2. The normalized spacial score (nSPS) is 31.8. The topological polar surface area (TPSA) is 33.1 Å². The van der Waals surface area contributed by atoms with Gasteiger partial charge in [-0.15, -0.1) is 0 Å². The minimum atomic E-state index is 0.262. The predicted molar refractivity (Wildman–Crippen MR) is 82.0 cm³/mol. The zero-order valence-corrected chi connectivity index (χ0v) is 13.7. The highest BCUT2D eigenvalue weighted by Gasteiger charge is 2.47. The molecule has 1 saturated heterocycles. The number of hydrogen-bond donors (Lipinski definition) is 1. The van der Waals surface area contributed by atoms with Crippen LogP contribution in [-0.4, -0.2) is 39.4 Å². The Balaban J connectivity index is 1.86. The van der Waals surface area contributed by atoms with Gasteiger partial charge >= 0.3 is 0 Å². The van der Waals surface area contributed by atoms with Crippen LogP contribution in [0.4, 0.5) is 0 Å². The molecule has 2 aliphatic rings. The van der Waals surface area contributed by atoms with Gasteiger partial charge < -0.3 is 5.32 Å². The summed E-state index contributed by atoms with van der Waals surface area (Å²) in [5, 5.41) is 8.88. The minimum Gasteiger partial charge on any atom is -0.311 e. The first-order chi connectivity index (χ1) is 9.41. The Kier molecular flexibility index (Phi) is 3.59. The molecule has 112 valence electrons. The lowest BCUT2D eigenvalue weighted by atomic mass is 9.89. The van der Waals surface area contributed by atoms with E-state index in [1.807, 2.05) is 7.05 Å². The number of rotatable bonds is 3. The molecule has 2 fully saturated rings. The van der Waals surface area contributed by atoms with Crippen molar-refractivity contribution in [2.75, 3.05) is 13.1 Å². The van der Waals surface area contributed by atoms with Gasteiger partial charge in [0.25, 0.3) is 0 Å². The van der Waals surface area contributed by atoms with Crippen molar-refractivity contribution in [1.82, 2.24) is 20.0 Å². The molecular weight excluding hydrogens is 272 g/mol. The van der Waals surface area contributed by atoms with Crippen LogP contribution >= 0.6 is 11.6 Å². The van der Waals surface area contributed by atoms with E-state index in [4.69, 9.17) is 11.6 Å². The molecule has 20 heavy (non-hydrogen) atoms. The number of halogens is 1. The minimum absolute atomic E-state index is 0.262.